The molecule has 50 valence electrons. The average Bonchev–Trinajstić information content (AvgIpc) is 2.25. The fraction of sp³-hybridized carbons (Fsp3) is 0.667. The first-order valence-corrected chi connectivity index (χ1v) is 3.00. The Kier molecular flexibility index (Phi) is 1.08. The van der Waals surface area contributed by atoms with Crippen molar-refractivity contribution in [2.75, 3.05) is 6.61 Å². The molecule has 2 bridgehead atoms. The number of fused-ring (bicyclic) bond motifs is 2. The summed E-state index contributed by atoms with van der Waals surface area (Å²) in [7, 11) is 0. The summed E-state index contributed by atoms with van der Waals surface area (Å²) < 4.78 is 10.2. The van der Waals surface area contributed by atoms with Crippen molar-refractivity contribution in [1.29, 1.82) is 0 Å². The van der Waals surface area contributed by atoms with E-state index in [9.17, 15) is 0 Å². The van der Waals surface area contributed by atoms with Gasteiger partial charge < -0.3 is 14.6 Å². The lowest BCUT2D eigenvalue weighted by Gasteiger charge is -2.17. The van der Waals surface area contributed by atoms with Crippen LogP contribution in [0, 0.1) is 0 Å². The summed E-state index contributed by atoms with van der Waals surface area (Å²) >= 11 is 0. The summed E-state index contributed by atoms with van der Waals surface area (Å²) in [5, 5.41) is 9.06. The number of hydrogen-bond acceptors (Lipinski definition) is 3. The molecule has 3 atom stereocenters. The highest BCUT2D eigenvalue weighted by atomic mass is 16.7. The second kappa shape index (κ2) is 1.80. The van der Waals surface area contributed by atoms with Gasteiger partial charge in [0, 0.05) is 0 Å². The van der Waals surface area contributed by atoms with Crippen LogP contribution in [0.3, 0.4) is 0 Å². The van der Waals surface area contributed by atoms with Crippen LogP contribution in [-0.2, 0) is 9.47 Å². The van der Waals surface area contributed by atoms with Gasteiger partial charge in [-0.1, -0.05) is 12.2 Å². The number of ether oxygens (including phenoxy) is 2. The first-order valence-electron chi connectivity index (χ1n) is 3.00. The molecule has 3 heteroatoms. The Morgan fingerprint density at radius 3 is 3.11 bits per heavy atom. The van der Waals surface area contributed by atoms with Crippen LogP contribution in [0.2, 0.25) is 0 Å². The van der Waals surface area contributed by atoms with Gasteiger partial charge in [-0.05, 0) is 0 Å². The lowest BCUT2D eigenvalue weighted by atomic mass is 10.2. The van der Waals surface area contributed by atoms with Crippen LogP contribution in [0.4, 0.5) is 0 Å². The van der Waals surface area contributed by atoms with Crippen molar-refractivity contribution in [1.82, 2.24) is 0 Å². The summed E-state index contributed by atoms with van der Waals surface area (Å²) in [4.78, 5) is 0. The van der Waals surface area contributed by atoms with Crippen LogP contribution in [-0.4, -0.2) is 30.2 Å². The average molecular weight is 128 g/mol. The summed E-state index contributed by atoms with van der Waals surface area (Å²) in [6, 6.07) is 0. The lowest BCUT2D eigenvalue weighted by Crippen LogP contribution is -2.28. The van der Waals surface area contributed by atoms with E-state index in [0.717, 1.165) is 0 Å². The molecule has 1 fully saturated rings. The Balaban J connectivity index is 2.19. The first kappa shape index (κ1) is 5.41. The minimum absolute atomic E-state index is 0.0819. The number of hydrogen-bond donors (Lipinski definition) is 1. The zero-order valence-corrected chi connectivity index (χ0v) is 4.86. The van der Waals surface area contributed by atoms with Gasteiger partial charge in [-0.15, -0.1) is 0 Å². The maximum atomic E-state index is 9.06. The zero-order valence-electron chi connectivity index (χ0n) is 4.86. The third-order valence-corrected chi connectivity index (χ3v) is 1.54. The number of rotatable bonds is 0. The smallest absolute Gasteiger partial charge is 0.188 e. The molecular formula is C6H8O3. The fourth-order valence-electron chi connectivity index (χ4n) is 1.05. The molecular weight excluding hydrogens is 120 g/mol. The summed E-state index contributed by atoms with van der Waals surface area (Å²) in [5.41, 5.74) is 0. The molecule has 0 aromatic heterocycles. The largest absolute Gasteiger partial charge is 0.384 e. The minimum Gasteiger partial charge on any atom is -0.384 e. The molecule has 0 radical (unpaired) electrons. The van der Waals surface area contributed by atoms with E-state index in [1.165, 1.54) is 0 Å². The van der Waals surface area contributed by atoms with E-state index >= 15 is 0 Å². The lowest BCUT2D eigenvalue weighted by molar-refractivity contribution is -0.115. The van der Waals surface area contributed by atoms with Crippen LogP contribution >= 0.6 is 0 Å². The second-order valence-electron chi connectivity index (χ2n) is 2.25. The van der Waals surface area contributed by atoms with Crippen molar-refractivity contribution in [3.05, 3.63) is 12.2 Å². The van der Waals surface area contributed by atoms with Crippen molar-refractivity contribution in [2.45, 2.75) is 18.5 Å². The Morgan fingerprint density at radius 1 is 1.44 bits per heavy atom. The van der Waals surface area contributed by atoms with Crippen molar-refractivity contribution in [3.63, 3.8) is 0 Å². The van der Waals surface area contributed by atoms with Gasteiger partial charge in [-0.3, -0.25) is 0 Å². The molecule has 0 saturated carbocycles. The third kappa shape index (κ3) is 0.775. The van der Waals surface area contributed by atoms with E-state index in [1.807, 2.05) is 6.08 Å². The Morgan fingerprint density at radius 2 is 2.33 bits per heavy atom. The number of aliphatic hydroxyl groups excluding tert-OH is 1. The fourth-order valence-corrected chi connectivity index (χ4v) is 1.05. The first-order chi connectivity index (χ1) is 4.36. The minimum atomic E-state index is -0.566. The van der Waals surface area contributed by atoms with Crippen LogP contribution in [0.25, 0.3) is 0 Å². The Hall–Kier alpha value is -0.380. The quantitative estimate of drug-likeness (QED) is 0.453. The molecule has 9 heavy (non-hydrogen) atoms. The highest BCUT2D eigenvalue weighted by Gasteiger charge is 2.32. The van der Waals surface area contributed by atoms with Crippen LogP contribution in [0.1, 0.15) is 0 Å². The molecule has 2 rings (SSSR count). The molecule has 2 aliphatic rings. The molecule has 2 heterocycles. The summed E-state index contributed by atoms with van der Waals surface area (Å²) in [5.74, 6) is 0. The predicted octanol–water partition coefficient (Wildman–Crippen LogP) is -0.341. The van der Waals surface area contributed by atoms with Gasteiger partial charge in [0.2, 0.25) is 0 Å². The Labute approximate surface area is 52.9 Å². The molecule has 0 aromatic rings. The standard InChI is InChI=1S/C6H8O3/c7-5-2-1-4-3-8-6(5)9-4/h1-2,4-7H,3H2/t4-,5-,6+/m1/s1. The van der Waals surface area contributed by atoms with Crippen LogP contribution < -0.4 is 0 Å². The zero-order chi connectivity index (χ0) is 6.27. The molecule has 3 nitrogen and oxygen atoms in total. The van der Waals surface area contributed by atoms with Crippen LogP contribution in [0.5, 0.6) is 0 Å². The molecule has 1 N–H and O–H groups in total. The van der Waals surface area contributed by atoms with Gasteiger partial charge in [0.25, 0.3) is 0 Å². The Bertz CT molecular complexity index is 143. The van der Waals surface area contributed by atoms with Crippen molar-refractivity contribution in [3.8, 4) is 0 Å². The van der Waals surface area contributed by atoms with E-state index in [1.54, 1.807) is 6.08 Å². The van der Waals surface area contributed by atoms with E-state index in [2.05, 4.69) is 0 Å². The van der Waals surface area contributed by atoms with Gasteiger partial charge in [0.1, 0.15) is 12.2 Å². The van der Waals surface area contributed by atoms with E-state index in [-0.39, 0.29) is 6.10 Å². The highest BCUT2D eigenvalue weighted by Crippen LogP contribution is 2.20. The number of aliphatic hydroxyl groups is 1. The second-order valence-corrected chi connectivity index (χ2v) is 2.25. The molecule has 2 aliphatic heterocycles. The molecule has 0 aliphatic carbocycles. The van der Waals surface area contributed by atoms with Gasteiger partial charge in [-0.2, -0.15) is 0 Å². The molecule has 0 spiro atoms. The predicted molar refractivity (Wildman–Crippen MR) is 29.8 cm³/mol. The van der Waals surface area contributed by atoms with Gasteiger partial charge in [-0.25, -0.2) is 0 Å². The SMILES string of the molecule is O[C@@H]1C=C[C@@H]2CO[C@H]1O2. The third-order valence-electron chi connectivity index (χ3n) is 1.54. The van der Waals surface area contributed by atoms with Crippen molar-refractivity contribution < 1.29 is 14.6 Å². The summed E-state index contributed by atoms with van der Waals surface area (Å²) in [6.07, 6.45) is 2.65. The van der Waals surface area contributed by atoms with E-state index in [4.69, 9.17) is 14.6 Å². The topological polar surface area (TPSA) is 38.7 Å². The van der Waals surface area contributed by atoms with Gasteiger partial charge in [0.05, 0.1) is 6.61 Å². The molecule has 0 amide bonds. The van der Waals surface area contributed by atoms with E-state index in [0.29, 0.717) is 6.61 Å². The van der Waals surface area contributed by atoms with Crippen molar-refractivity contribution in [2.24, 2.45) is 0 Å². The maximum Gasteiger partial charge on any atom is 0.188 e. The maximum absolute atomic E-state index is 9.06. The van der Waals surface area contributed by atoms with Gasteiger partial charge >= 0.3 is 0 Å². The summed E-state index contributed by atoms with van der Waals surface area (Å²) in [6.45, 7) is 0.582. The molecule has 0 aromatic carbocycles. The normalized spacial score (nSPS) is 47.9. The molecule has 0 unspecified atom stereocenters. The molecule has 1 saturated heterocycles. The van der Waals surface area contributed by atoms with Crippen LogP contribution in [0.15, 0.2) is 12.2 Å². The van der Waals surface area contributed by atoms with Crippen molar-refractivity contribution >= 4 is 0 Å². The highest BCUT2D eigenvalue weighted by molar-refractivity contribution is 5.02. The monoisotopic (exact) mass is 128 g/mol. The van der Waals surface area contributed by atoms with E-state index < -0.39 is 12.4 Å². The van der Waals surface area contributed by atoms with Gasteiger partial charge in [0.15, 0.2) is 6.29 Å².